The smallest absolute Gasteiger partial charge is 0.545 e. The Balaban J connectivity index is 0.000000602. The molecule has 0 radical (unpaired) electrons. The van der Waals surface area contributed by atoms with E-state index in [0.717, 1.165) is 12.8 Å². The summed E-state index contributed by atoms with van der Waals surface area (Å²) in [4.78, 5) is 21.1. The zero-order valence-corrected chi connectivity index (χ0v) is 23.4. The Labute approximate surface area is 212 Å². The molecule has 0 saturated heterocycles. The van der Waals surface area contributed by atoms with E-state index in [1.54, 1.807) is 24.3 Å². The van der Waals surface area contributed by atoms with Crippen LogP contribution in [-0.2, 0) is 32.3 Å². The van der Waals surface area contributed by atoms with E-state index >= 15 is 0 Å². The van der Waals surface area contributed by atoms with Gasteiger partial charge in [0.2, 0.25) is 0 Å². The summed E-state index contributed by atoms with van der Waals surface area (Å²) in [7, 11) is 0. The zero-order valence-electron chi connectivity index (χ0n) is 20.4. The molecule has 4 nitrogen and oxygen atoms in total. The number of benzene rings is 2. The summed E-state index contributed by atoms with van der Waals surface area (Å²) in [5, 5.41) is 21.1. The number of aromatic carboxylic acids is 2. The maximum Gasteiger partial charge on any atom is 2.00 e. The van der Waals surface area contributed by atoms with Crippen LogP contribution in [0.5, 0.6) is 0 Å². The van der Waals surface area contributed by atoms with Crippen molar-refractivity contribution in [3.8, 4) is 0 Å². The standard InChI is InChI=1S/2C14H20O2.Zn/c2*1-2-3-4-5-6-7-12-8-10-13(11-9-12)14(15)16;/h2*8-11H,2-7H2,1H3,(H,15,16);/q;;+2/p-2. The largest absolute Gasteiger partial charge is 2.00 e. The van der Waals surface area contributed by atoms with Crippen LogP contribution >= 0.6 is 0 Å². The molecule has 0 aliphatic rings. The molecule has 5 heteroatoms. The van der Waals surface area contributed by atoms with Gasteiger partial charge in [0, 0.05) is 0 Å². The minimum absolute atomic E-state index is 0. The van der Waals surface area contributed by atoms with E-state index in [2.05, 4.69) is 13.8 Å². The van der Waals surface area contributed by atoms with Crippen molar-refractivity contribution in [1.29, 1.82) is 0 Å². The fraction of sp³-hybridized carbons (Fsp3) is 0.500. The van der Waals surface area contributed by atoms with Crippen molar-refractivity contribution < 1.29 is 39.3 Å². The van der Waals surface area contributed by atoms with Gasteiger partial charge in [-0.3, -0.25) is 0 Å². The molecule has 0 saturated carbocycles. The van der Waals surface area contributed by atoms with Crippen molar-refractivity contribution in [1.82, 2.24) is 0 Å². The molecule has 0 atom stereocenters. The normalized spacial score (nSPS) is 10.0. The first kappa shape index (κ1) is 31.0. The Bertz CT molecular complexity index is 702. The van der Waals surface area contributed by atoms with Crippen molar-refractivity contribution in [3.05, 3.63) is 70.8 Å². The molecule has 0 heterocycles. The van der Waals surface area contributed by atoms with E-state index in [9.17, 15) is 19.8 Å². The van der Waals surface area contributed by atoms with Crippen LogP contribution in [0.4, 0.5) is 0 Å². The molecule has 33 heavy (non-hydrogen) atoms. The molecule has 0 amide bonds. The van der Waals surface area contributed by atoms with Gasteiger partial charge < -0.3 is 19.8 Å². The van der Waals surface area contributed by atoms with Crippen LogP contribution in [-0.4, -0.2) is 11.9 Å². The molecule has 0 fully saturated rings. The maximum absolute atomic E-state index is 10.5. The minimum atomic E-state index is -1.10. The van der Waals surface area contributed by atoms with Gasteiger partial charge in [0.05, 0.1) is 11.9 Å². The number of carboxylic acid groups (broad SMARTS) is 2. The first-order valence-corrected chi connectivity index (χ1v) is 12.1. The van der Waals surface area contributed by atoms with Crippen LogP contribution in [0.2, 0.25) is 0 Å². The number of aryl methyl sites for hydroxylation is 2. The summed E-state index contributed by atoms with van der Waals surface area (Å²) in [6.07, 6.45) is 14.7. The first-order chi connectivity index (χ1) is 15.5. The molecular formula is C28H38O4Zn. The van der Waals surface area contributed by atoms with Gasteiger partial charge in [-0.15, -0.1) is 0 Å². The van der Waals surface area contributed by atoms with E-state index in [1.807, 2.05) is 24.3 Å². The average Bonchev–Trinajstić information content (AvgIpc) is 2.80. The minimum Gasteiger partial charge on any atom is -0.545 e. The molecule has 2 aromatic rings. The molecule has 0 aromatic heterocycles. The molecular weight excluding hydrogens is 466 g/mol. The molecule has 0 aliphatic carbocycles. The first-order valence-electron chi connectivity index (χ1n) is 12.1. The summed E-state index contributed by atoms with van der Waals surface area (Å²) in [5.41, 5.74) is 2.94. The second-order valence-corrected chi connectivity index (χ2v) is 8.30. The Morgan fingerprint density at radius 3 is 1.12 bits per heavy atom. The number of carboxylic acids is 2. The molecule has 0 aliphatic heterocycles. The Morgan fingerprint density at radius 1 is 0.545 bits per heavy atom. The zero-order chi connectivity index (χ0) is 23.6. The second kappa shape index (κ2) is 19.5. The summed E-state index contributed by atoms with van der Waals surface area (Å²) >= 11 is 0. The third-order valence-electron chi connectivity index (χ3n) is 5.52. The Hall–Kier alpha value is -2.00. The summed E-state index contributed by atoms with van der Waals surface area (Å²) in [6, 6.07) is 14.0. The Morgan fingerprint density at radius 2 is 0.848 bits per heavy atom. The molecule has 0 spiro atoms. The number of rotatable bonds is 14. The fourth-order valence-electron chi connectivity index (χ4n) is 3.48. The van der Waals surface area contributed by atoms with Gasteiger partial charge in [-0.25, -0.2) is 0 Å². The van der Waals surface area contributed by atoms with Gasteiger partial charge in [0.15, 0.2) is 0 Å². The van der Waals surface area contributed by atoms with Gasteiger partial charge in [-0.05, 0) is 47.9 Å². The molecule has 2 rings (SSSR count). The number of hydrogen-bond acceptors (Lipinski definition) is 4. The predicted molar refractivity (Wildman–Crippen MR) is 126 cm³/mol. The van der Waals surface area contributed by atoms with Crippen LogP contribution in [0.3, 0.4) is 0 Å². The number of carbonyl (C=O) groups excluding carboxylic acids is 2. The van der Waals surface area contributed by atoms with Crippen molar-refractivity contribution >= 4 is 11.9 Å². The van der Waals surface area contributed by atoms with Crippen molar-refractivity contribution in [2.24, 2.45) is 0 Å². The van der Waals surface area contributed by atoms with E-state index < -0.39 is 11.9 Å². The van der Waals surface area contributed by atoms with Crippen LogP contribution < -0.4 is 10.2 Å². The van der Waals surface area contributed by atoms with Gasteiger partial charge >= 0.3 is 19.5 Å². The van der Waals surface area contributed by atoms with Crippen LogP contribution in [0.1, 0.15) is 110 Å². The topological polar surface area (TPSA) is 80.3 Å². The van der Waals surface area contributed by atoms with E-state index in [1.165, 1.54) is 75.3 Å². The monoisotopic (exact) mass is 502 g/mol. The van der Waals surface area contributed by atoms with Crippen molar-refractivity contribution in [2.75, 3.05) is 0 Å². The van der Waals surface area contributed by atoms with Gasteiger partial charge in [0.25, 0.3) is 0 Å². The Kier molecular flexibility index (Phi) is 18.3. The summed E-state index contributed by atoms with van der Waals surface area (Å²) in [6.45, 7) is 4.41. The van der Waals surface area contributed by atoms with Crippen molar-refractivity contribution in [3.63, 3.8) is 0 Å². The van der Waals surface area contributed by atoms with Crippen LogP contribution in [0.25, 0.3) is 0 Å². The SMILES string of the molecule is CCCCCCCc1ccc(C(=O)[O-])cc1.CCCCCCCc1ccc(C(=O)[O-])cc1.[Zn+2]. The summed E-state index contributed by atoms with van der Waals surface area (Å²) in [5.74, 6) is -2.20. The number of unbranched alkanes of at least 4 members (excludes halogenated alkanes) is 8. The predicted octanol–water partition coefficient (Wildman–Crippen LogP) is 5.12. The molecule has 176 valence electrons. The average molecular weight is 504 g/mol. The summed E-state index contributed by atoms with van der Waals surface area (Å²) < 4.78 is 0. The molecule has 0 bridgehead atoms. The number of carbonyl (C=O) groups is 2. The quantitative estimate of drug-likeness (QED) is 0.264. The van der Waals surface area contributed by atoms with E-state index in [0.29, 0.717) is 0 Å². The van der Waals surface area contributed by atoms with Gasteiger partial charge in [-0.2, -0.15) is 0 Å². The van der Waals surface area contributed by atoms with Gasteiger partial charge in [0.1, 0.15) is 0 Å². The van der Waals surface area contributed by atoms with Crippen LogP contribution in [0.15, 0.2) is 48.5 Å². The molecule has 2 aromatic carbocycles. The molecule has 0 N–H and O–H groups in total. The van der Waals surface area contributed by atoms with Crippen LogP contribution in [0, 0.1) is 0 Å². The third kappa shape index (κ3) is 14.7. The fourth-order valence-corrected chi connectivity index (χ4v) is 3.48. The van der Waals surface area contributed by atoms with Gasteiger partial charge in [-0.1, -0.05) is 114 Å². The number of hydrogen-bond donors (Lipinski definition) is 0. The van der Waals surface area contributed by atoms with E-state index in [-0.39, 0.29) is 30.6 Å². The second-order valence-electron chi connectivity index (χ2n) is 8.30. The third-order valence-corrected chi connectivity index (χ3v) is 5.52. The maximum atomic E-state index is 10.5. The van der Waals surface area contributed by atoms with E-state index in [4.69, 9.17) is 0 Å². The molecule has 0 unspecified atom stereocenters. The van der Waals surface area contributed by atoms with Crippen molar-refractivity contribution in [2.45, 2.75) is 90.9 Å².